The van der Waals surface area contributed by atoms with Gasteiger partial charge in [-0.3, -0.25) is 4.57 Å². The molecule has 0 radical (unpaired) electrons. The van der Waals surface area contributed by atoms with Crippen molar-refractivity contribution >= 4 is 0 Å². The van der Waals surface area contributed by atoms with Crippen LogP contribution in [0.25, 0.3) is 0 Å². The minimum atomic E-state index is -0.00417. The molecule has 0 atom stereocenters. The van der Waals surface area contributed by atoms with Crippen molar-refractivity contribution in [2.45, 2.75) is 13.0 Å². The summed E-state index contributed by atoms with van der Waals surface area (Å²) in [6.45, 7) is 2.56. The number of aryl methyl sites for hydroxylation is 1. The van der Waals surface area contributed by atoms with Crippen molar-refractivity contribution in [3.63, 3.8) is 0 Å². The van der Waals surface area contributed by atoms with Crippen LogP contribution in [-0.4, -0.2) is 36.1 Å². The summed E-state index contributed by atoms with van der Waals surface area (Å²) in [4.78, 5) is 11.4. The van der Waals surface area contributed by atoms with Crippen LogP contribution in [0.1, 0.15) is 6.42 Å². The summed E-state index contributed by atoms with van der Waals surface area (Å²) < 4.78 is 13.4. The average molecular weight is 214 g/mol. The van der Waals surface area contributed by atoms with Crippen LogP contribution in [0.3, 0.4) is 0 Å². The van der Waals surface area contributed by atoms with E-state index in [4.69, 9.17) is 9.47 Å². The fraction of sp³-hybridized carbons (Fsp3) is 0.700. The molecule has 0 aliphatic heterocycles. The molecular formula is C10H18N2O3. The number of nitrogens with zero attached hydrogens (tertiary/aromatic N) is 2. The maximum atomic E-state index is 11.4. The van der Waals surface area contributed by atoms with Crippen molar-refractivity contribution in [1.82, 2.24) is 9.13 Å². The molecule has 0 aliphatic rings. The highest BCUT2D eigenvalue weighted by Crippen LogP contribution is 1.87. The second kappa shape index (κ2) is 6.42. The Balaban J connectivity index is 2.15. The van der Waals surface area contributed by atoms with E-state index in [2.05, 4.69) is 0 Å². The van der Waals surface area contributed by atoms with Gasteiger partial charge < -0.3 is 14.0 Å². The highest BCUT2D eigenvalue weighted by atomic mass is 16.5. The van der Waals surface area contributed by atoms with Crippen LogP contribution in [0.5, 0.6) is 0 Å². The second-order valence-corrected chi connectivity index (χ2v) is 3.34. The molecule has 15 heavy (non-hydrogen) atoms. The fourth-order valence-electron chi connectivity index (χ4n) is 1.25. The Morgan fingerprint density at radius 1 is 1.27 bits per heavy atom. The van der Waals surface area contributed by atoms with Crippen molar-refractivity contribution in [2.75, 3.05) is 26.9 Å². The zero-order valence-corrected chi connectivity index (χ0v) is 9.31. The summed E-state index contributed by atoms with van der Waals surface area (Å²) in [6.07, 6.45) is 4.40. The van der Waals surface area contributed by atoms with Crippen molar-refractivity contribution in [2.24, 2.45) is 7.05 Å². The SMILES string of the molecule is COCCCOCCn1ccn(C)c1=O. The topological polar surface area (TPSA) is 45.4 Å². The van der Waals surface area contributed by atoms with Crippen LogP contribution in [0.2, 0.25) is 0 Å². The van der Waals surface area contributed by atoms with E-state index < -0.39 is 0 Å². The Hall–Kier alpha value is -1.07. The van der Waals surface area contributed by atoms with E-state index in [1.807, 2.05) is 0 Å². The number of ether oxygens (including phenoxy) is 2. The Morgan fingerprint density at radius 3 is 2.67 bits per heavy atom. The lowest BCUT2D eigenvalue weighted by Crippen LogP contribution is -2.23. The van der Waals surface area contributed by atoms with Crippen LogP contribution in [0.4, 0.5) is 0 Å². The fourth-order valence-corrected chi connectivity index (χ4v) is 1.25. The first-order valence-corrected chi connectivity index (χ1v) is 5.04. The monoisotopic (exact) mass is 214 g/mol. The molecule has 5 nitrogen and oxygen atoms in total. The molecule has 0 saturated heterocycles. The van der Waals surface area contributed by atoms with Crippen LogP contribution in [0.15, 0.2) is 17.2 Å². The standard InChI is InChI=1S/C10H18N2O3/c1-11-4-5-12(10(11)13)6-9-15-8-3-7-14-2/h4-5H,3,6-9H2,1-2H3. The molecule has 0 unspecified atom stereocenters. The van der Waals surface area contributed by atoms with Gasteiger partial charge in [0.25, 0.3) is 0 Å². The maximum Gasteiger partial charge on any atom is 0.327 e. The van der Waals surface area contributed by atoms with Gasteiger partial charge in [-0.05, 0) is 6.42 Å². The summed E-state index contributed by atoms with van der Waals surface area (Å²) >= 11 is 0. The van der Waals surface area contributed by atoms with Crippen LogP contribution in [0, 0.1) is 0 Å². The van der Waals surface area contributed by atoms with Gasteiger partial charge in [0.1, 0.15) is 0 Å². The molecule has 1 heterocycles. The Bertz CT molecular complexity index is 330. The average Bonchev–Trinajstić information content (AvgIpc) is 2.54. The number of rotatable bonds is 7. The predicted octanol–water partition coefficient (Wildman–Crippen LogP) is 0.240. The minimum Gasteiger partial charge on any atom is -0.385 e. The zero-order chi connectivity index (χ0) is 11.1. The molecule has 0 N–H and O–H groups in total. The summed E-state index contributed by atoms with van der Waals surface area (Å²) in [6, 6.07) is 0. The van der Waals surface area contributed by atoms with Gasteiger partial charge in [-0.1, -0.05) is 0 Å². The molecular weight excluding hydrogens is 196 g/mol. The third-order valence-corrected chi connectivity index (χ3v) is 2.13. The highest BCUT2D eigenvalue weighted by Gasteiger charge is 1.98. The molecule has 0 aromatic carbocycles. The molecule has 86 valence electrons. The van der Waals surface area contributed by atoms with Gasteiger partial charge in [-0.25, -0.2) is 4.79 Å². The Morgan fingerprint density at radius 2 is 2.07 bits per heavy atom. The number of hydrogen-bond donors (Lipinski definition) is 0. The quantitative estimate of drug-likeness (QED) is 0.611. The van der Waals surface area contributed by atoms with Crippen molar-refractivity contribution in [3.05, 3.63) is 22.9 Å². The lowest BCUT2D eigenvalue weighted by atomic mass is 10.5. The molecule has 0 spiro atoms. The van der Waals surface area contributed by atoms with Gasteiger partial charge in [0, 0.05) is 39.8 Å². The van der Waals surface area contributed by atoms with Crippen LogP contribution in [-0.2, 0) is 23.1 Å². The smallest absolute Gasteiger partial charge is 0.327 e. The van der Waals surface area contributed by atoms with Gasteiger partial charge >= 0.3 is 5.69 Å². The molecule has 0 bridgehead atoms. The van der Waals surface area contributed by atoms with Crippen molar-refractivity contribution in [1.29, 1.82) is 0 Å². The highest BCUT2D eigenvalue weighted by molar-refractivity contribution is 4.79. The largest absolute Gasteiger partial charge is 0.385 e. The van der Waals surface area contributed by atoms with Crippen molar-refractivity contribution in [3.8, 4) is 0 Å². The molecule has 1 aromatic rings. The van der Waals surface area contributed by atoms with E-state index in [9.17, 15) is 4.79 Å². The lowest BCUT2D eigenvalue weighted by Gasteiger charge is -2.03. The molecule has 1 aromatic heterocycles. The lowest BCUT2D eigenvalue weighted by molar-refractivity contribution is 0.0972. The van der Waals surface area contributed by atoms with Gasteiger partial charge in [-0.15, -0.1) is 0 Å². The number of imidazole rings is 1. The first kappa shape index (κ1) is 12.0. The summed E-state index contributed by atoms with van der Waals surface area (Å²) in [5, 5.41) is 0. The van der Waals surface area contributed by atoms with Gasteiger partial charge in [0.05, 0.1) is 13.2 Å². The number of methoxy groups -OCH3 is 1. The van der Waals surface area contributed by atoms with Crippen LogP contribution >= 0.6 is 0 Å². The summed E-state index contributed by atoms with van der Waals surface area (Å²) in [5.74, 6) is 0. The predicted molar refractivity (Wildman–Crippen MR) is 57.0 cm³/mol. The summed E-state index contributed by atoms with van der Waals surface area (Å²) in [7, 11) is 3.40. The second-order valence-electron chi connectivity index (χ2n) is 3.34. The van der Waals surface area contributed by atoms with Gasteiger partial charge in [0.2, 0.25) is 0 Å². The maximum absolute atomic E-state index is 11.4. The van der Waals surface area contributed by atoms with E-state index in [-0.39, 0.29) is 5.69 Å². The molecule has 5 heteroatoms. The molecule has 1 rings (SSSR count). The van der Waals surface area contributed by atoms with E-state index in [0.29, 0.717) is 26.4 Å². The minimum absolute atomic E-state index is 0.00417. The van der Waals surface area contributed by atoms with E-state index in [0.717, 1.165) is 6.42 Å². The van der Waals surface area contributed by atoms with Gasteiger partial charge in [-0.2, -0.15) is 0 Å². The number of hydrogen-bond acceptors (Lipinski definition) is 3. The van der Waals surface area contributed by atoms with Gasteiger partial charge in [0.15, 0.2) is 0 Å². The third-order valence-electron chi connectivity index (χ3n) is 2.13. The number of aromatic nitrogens is 2. The van der Waals surface area contributed by atoms with Crippen molar-refractivity contribution < 1.29 is 9.47 Å². The molecule has 0 amide bonds. The van der Waals surface area contributed by atoms with E-state index in [1.54, 1.807) is 35.7 Å². The normalized spacial score (nSPS) is 10.8. The first-order valence-electron chi connectivity index (χ1n) is 5.04. The summed E-state index contributed by atoms with van der Waals surface area (Å²) in [5.41, 5.74) is -0.00417. The van der Waals surface area contributed by atoms with Crippen LogP contribution < -0.4 is 5.69 Å². The van der Waals surface area contributed by atoms with E-state index in [1.165, 1.54) is 0 Å². The Kier molecular flexibility index (Phi) is 5.14. The zero-order valence-electron chi connectivity index (χ0n) is 9.31. The molecule has 0 saturated carbocycles. The molecule has 0 fully saturated rings. The molecule has 0 aliphatic carbocycles. The van der Waals surface area contributed by atoms with E-state index >= 15 is 0 Å². The Labute approximate surface area is 89.2 Å². The first-order chi connectivity index (χ1) is 7.25. The third kappa shape index (κ3) is 3.89.